The van der Waals surface area contributed by atoms with Crippen molar-refractivity contribution in [2.75, 3.05) is 0 Å². The molecule has 1 unspecified atom stereocenters. The molecule has 0 spiro atoms. The Morgan fingerprint density at radius 2 is 2.00 bits per heavy atom. The number of carbonyl (C=O) groups excluding carboxylic acids is 1. The molecule has 0 fully saturated rings. The van der Waals surface area contributed by atoms with Gasteiger partial charge in [0.2, 0.25) is 5.91 Å². The maximum absolute atomic E-state index is 12.1. The number of rotatable bonds is 6. The Hall–Kier alpha value is -1.98. The molecule has 23 heavy (non-hydrogen) atoms. The van der Waals surface area contributed by atoms with Gasteiger partial charge in [-0.15, -0.1) is 22.7 Å². The minimum absolute atomic E-state index is 0.0162. The molecule has 5 heteroatoms. The second kappa shape index (κ2) is 7.53. The molecule has 1 atom stereocenters. The second-order valence-corrected chi connectivity index (χ2v) is 7.30. The topological polar surface area (TPSA) is 42.0 Å². The highest BCUT2D eigenvalue weighted by molar-refractivity contribution is 7.10. The maximum atomic E-state index is 12.1. The quantitative estimate of drug-likeness (QED) is 0.729. The van der Waals surface area contributed by atoms with Crippen molar-refractivity contribution in [2.24, 2.45) is 0 Å². The van der Waals surface area contributed by atoms with Gasteiger partial charge < -0.3 is 5.32 Å². The molecule has 0 saturated carbocycles. The number of aromatic nitrogens is 1. The highest BCUT2D eigenvalue weighted by Gasteiger charge is 2.12. The summed E-state index contributed by atoms with van der Waals surface area (Å²) in [6.45, 7) is 2.01. The molecule has 118 valence electrons. The van der Waals surface area contributed by atoms with Gasteiger partial charge in [-0.1, -0.05) is 36.4 Å². The smallest absolute Gasteiger partial charge is 0.226 e. The van der Waals surface area contributed by atoms with Gasteiger partial charge in [0.1, 0.15) is 0 Å². The lowest BCUT2D eigenvalue weighted by atomic mass is 10.2. The highest BCUT2D eigenvalue weighted by Crippen LogP contribution is 2.19. The zero-order valence-electron chi connectivity index (χ0n) is 12.9. The molecule has 2 heterocycles. The van der Waals surface area contributed by atoms with E-state index in [0.29, 0.717) is 6.42 Å². The van der Waals surface area contributed by atoms with Crippen LogP contribution in [0.1, 0.15) is 34.1 Å². The van der Waals surface area contributed by atoms with E-state index >= 15 is 0 Å². The molecular formula is C18H18N2OS2. The van der Waals surface area contributed by atoms with E-state index in [4.69, 9.17) is 0 Å². The molecule has 3 rings (SSSR count). The van der Waals surface area contributed by atoms with E-state index in [0.717, 1.165) is 17.1 Å². The Morgan fingerprint density at radius 1 is 1.17 bits per heavy atom. The third-order valence-electron chi connectivity index (χ3n) is 3.49. The van der Waals surface area contributed by atoms with Crippen molar-refractivity contribution < 1.29 is 4.79 Å². The maximum Gasteiger partial charge on any atom is 0.226 e. The van der Waals surface area contributed by atoms with Crippen LogP contribution in [0.4, 0.5) is 0 Å². The minimum atomic E-state index is 0.0162. The Morgan fingerprint density at radius 3 is 2.74 bits per heavy atom. The number of nitrogens with one attached hydrogen (secondary N) is 1. The summed E-state index contributed by atoms with van der Waals surface area (Å²) >= 11 is 3.27. The van der Waals surface area contributed by atoms with Crippen molar-refractivity contribution in [3.63, 3.8) is 0 Å². The first-order valence-electron chi connectivity index (χ1n) is 7.50. The first kappa shape index (κ1) is 15.9. The molecule has 1 aromatic carbocycles. The van der Waals surface area contributed by atoms with Crippen LogP contribution in [-0.4, -0.2) is 10.9 Å². The average molecular weight is 342 g/mol. The molecule has 0 aliphatic carbocycles. The van der Waals surface area contributed by atoms with Crippen molar-refractivity contribution >= 4 is 28.6 Å². The van der Waals surface area contributed by atoms with E-state index in [2.05, 4.69) is 22.4 Å². The van der Waals surface area contributed by atoms with E-state index in [1.807, 2.05) is 48.0 Å². The predicted octanol–water partition coefficient (Wildman–Crippen LogP) is 4.22. The van der Waals surface area contributed by atoms with Crippen molar-refractivity contribution in [3.05, 3.63) is 74.4 Å². The fraction of sp³-hybridized carbons (Fsp3) is 0.222. The number of benzene rings is 1. The van der Waals surface area contributed by atoms with Crippen molar-refractivity contribution in [1.82, 2.24) is 10.3 Å². The molecule has 0 aliphatic heterocycles. The summed E-state index contributed by atoms with van der Waals surface area (Å²) in [6, 6.07) is 14.3. The van der Waals surface area contributed by atoms with E-state index in [9.17, 15) is 4.79 Å². The van der Waals surface area contributed by atoms with Gasteiger partial charge in [0.25, 0.3) is 0 Å². The van der Waals surface area contributed by atoms with Gasteiger partial charge in [0, 0.05) is 16.7 Å². The largest absolute Gasteiger partial charge is 0.348 e. The van der Waals surface area contributed by atoms with Crippen LogP contribution in [0, 0.1) is 0 Å². The van der Waals surface area contributed by atoms with Gasteiger partial charge >= 0.3 is 0 Å². The minimum Gasteiger partial charge on any atom is -0.348 e. The van der Waals surface area contributed by atoms with Crippen LogP contribution in [0.3, 0.4) is 0 Å². The first-order valence-corrected chi connectivity index (χ1v) is 9.26. The number of amides is 1. The van der Waals surface area contributed by atoms with E-state index in [-0.39, 0.29) is 11.9 Å². The molecule has 0 radical (unpaired) electrons. The van der Waals surface area contributed by atoms with Crippen LogP contribution in [0.15, 0.2) is 53.2 Å². The molecule has 0 saturated heterocycles. The molecule has 1 amide bonds. The van der Waals surface area contributed by atoms with Crippen LogP contribution in [0.2, 0.25) is 0 Å². The van der Waals surface area contributed by atoms with E-state index in [1.165, 1.54) is 10.4 Å². The third kappa shape index (κ3) is 4.50. The summed E-state index contributed by atoms with van der Waals surface area (Å²) in [6.07, 6.45) is 1.15. The molecule has 1 N–H and O–H groups in total. The van der Waals surface area contributed by atoms with Crippen LogP contribution in [-0.2, 0) is 17.6 Å². The summed E-state index contributed by atoms with van der Waals surface area (Å²) in [5.74, 6) is 0.0162. The molecule has 0 bridgehead atoms. The number of thiophene rings is 1. The molecule has 3 aromatic rings. The lowest BCUT2D eigenvalue weighted by Crippen LogP contribution is -2.27. The normalized spacial score (nSPS) is 12.0. The van der Waals surface area contributed by atoms with Gasteiger partial charge in [0.15, 0.2) is 0 Å². The third-order valence-corrected chi connectivity index (χ3v) is 5.44. The molecular weight excluding hydrogens is 324 g/mol. The van der Waals surface area contributed by atoms with Gasteiger partial charge in [-0.2, -0.15) is 0 Å². The lowest BCUT2D eigenvalue weighted by Gasteiger charge is -2.11. The van der Waals surface area contributed by atoms with Crippen molar-refractivity contribution in [3.8, 4) is 0 Å². The average Bonchev–Trinajstić information content (AvgIpc) is 3.20. The SMILES string of the molecule is CC(NC(=O)Cc1csc(Cc2ccccc2)n1)c1cccs1. The van der Waals surface area contributed by atoms with Gasteiger partial charge in [-0.25, -0.2) is 4.98 Å². The van der Waals surface area contributed by atoms with Crippen LogP contribution in [0.5, 0.6) is 0 Å². The summed E-state index contributed by atoms with van der Waals surface area (Å²) in [5, 5.41) is 8.07. The van der Waals surface area contributed by atoms with Gasteiger partial charge in [0.05, 0.1) is 23.2 Å². The van der Waals surface area contributed by atoms with Crippen molar-refractivity contribution in [1.29, 1.82) is 0 Å². The van der Waals surface area contributed by atoms with E-state index in [1.54, 1.807) is 22.7 Å². The summed E-state index contributed by atoms with van der Waals surface area (Å²) in [5.41, 5.74) is 2.08. The zero-order chi connectivity index (χ0) is 16.1. The van der Waals surface area contributed by atoms with Gasteiger partial charge in [-0.3, -0.25) is 4.79 Å². The first-order chi connectivity index (χ1) is 11.2. The summed E-state index contributed by atoms with van der Waals surface area (Å²) in [7, 11) is 0. The number of nitrogens with zero attached hydrogens (tertiary/aromatic N) is 1. The standard InChI is InChI=1S/C18H18N2OS2/c1-13(16-8-5-9-22-16)19-17(21)11-15-12-23-18(20-15)10-14-6-3-2-4-7-14/h2-9,12-13H,10-11H2,1H3,(H,19,21). The summed E-state index contributed by atoms with van der Waals surface area (Å²) in [4.78, 5) is 17.9. The van der Waals surface area contributed by atoms with Crippen molar-refractivity contribution in [2.45, 2.75) is 25.8 Å². The van der Waals surface area contributed by atoms with Crippen LogP contribution < -0.4 is 5.32 Å². The van der Waals surface area contributed by atoms with Crippen LogP contribution >= 0.6 is 22.7 Å². The lowest BCUT2D eigenvalue weighted by molar-refractivity contribution is -0.121. The molecule has 2 aromatic heterocycles. The Bertz CT molecular complexity index is 750. The van der Waals surface area contributed by atoms with E-state index < -0.39 is 0 Å². The Balaban J connectivity index is 1.55. The number of carbonyl (C=O) groups is 1. The number of hydrogen-bond acceptors (Lipinski definition) is 4. The molecule has 3 nitrogen and oxygen atoms in total. The van der Waals surface area contributed by atoms with Gasteiger partial charge in [-0.05, 0) is 23.9 Å². The zero-order valence-corrected chi connectivity index (χ0v) is 14.5. The fourth-order valence-corrected chi connectivity index (χ4v) is 3.91. The highest BCUT2D eigenvalue weighted by atomic mass is 32.1. The summed E-state index contributed by atoms with van der Waals surface area (Å²) < 4.78 is 0. The monoisotopic (exact) mass is 342 g/mol. The predicted molar refractivity (Wildman–Crippen MR) is 95.9 cm³/mol. The Labute approximate surface area is 144 Å². The Kier molecular flexibility index (Phi) is 5.20. The number of thiazole rings is 1. The molecule has 0 aliphatic rings. The number of hydrogen-bond donors (Lipinski definition) is 1. The van der Waals surface area contributed by atoms with Crippen LogP contribution in [0.25, 0.3) is 0 Å². The second-order valence-electron chi connectivity index (χ2n) is 5.38. The fourth-order valence-electron chi connectivity index (χ4n) is 2.35.